The van der Waals surface area contributed by atoms with E-state index in [0.29, 0.717) is 5.92 Å². The Bertz CT molecular complexity index is 1040. The summed E-state index contributed by atoms with van der Waals surface area (Å²) in [7, 11) is 0. The minimum atomic E-state index is -0.311. The summed E-state index contributed by atoms with van der Waals surface area (Å²) in [5.74, 6) is 0.422. The number of carbonyl (C=O) groups is 2. The van der Waals surface area contributed by atoms with Crippen molar-refractivity contribution >= 4 is 38.6 Å². The molecule has 6 heteroatoms. The molecule has 2 aromatic carbocycles. The normalized spacial score (nSPS) is 15.9. The first-order chi connectivity index (χ1) is 14.5. The van der Waals surface area contributed by atoms with Gasteiger partial charge in [-0.1, -0.05) is 46.3 Å². The van der Waals surface area contributed by atoms with Crippen LogP contribution in [0.1, 0.15) is 49.3 Å². The molecule has 156 valence electrons. The molecular formula is C24H26BrN3O2. The lowest BCUT2D eigenvalue weighted by molar-refractivity contribution is -0.133. The second-order valence-corrected chi connectivity index (χ2v) is 8.87. The van der Waals surface area contributed by atoms with Crippen molar-refractivity contribution in [3.8, 4) is 0 Å². The maximum atomic E-state index is 13.0. The lowest BCUT2D eigenvalue weighted by Gasteiger charge is -2.33. The Morgan fingerprint density at radius 2 is 1.83 bits per heavy atom. The van der Waals surface area contributed by atoms with E-state index in [-0.39, 0.29) is 24.3 Å². The van der Waals surface area contributed by atoms with Crippen molar-refractivity contribution < 1.29 is 9.59 Å². The molecule has 1 aliphatic rings. The smallest absolute Gasteiger partial charge is 0.224 e. The molecular weight excluding hydrogens is 442 g/mol. The van der Waals surface area contributed by atoms with Crippen LogP contribution in [0.3, 0.4) is 0 Å². The number of hydrogen-bond acceptors (Lipinski definition) is 2. The number of carbonyl (C=O) groups excluding carboxylic acids is 2. The molecule has 30 heavy (non-hydrogen) atoms. The first kappa shape index (κ1) is 20.7. The van der Waals surface area contributed by atoms with E-state index in [0.717, 1.165) is 36.0 Å². The van der Waals surface area contributed by atoms with Crippen LogP contribution in [0.4, 0.5) is 0 Å². The van der Waals surface area contributed by atoms with Gasteiger partial charge in [-0.15, -0.1) is 0 Å². The van der Waals surface area contributed by atoms with Crippen molar-refractivity contribution in [2.45, 2.75) is 38.1 Å². The minimum absolute atomic E-state index is 0.0917. The second kappa shape index (κ2) is 9.04. The summed E-state index contributed by atoms with van der Waals surface area (Å²) in [6.07, 6.45) is 4.31. The molecule has 1 aliphatic heterocycles. The topological polar surface area (TPSA) is 65.2 Å². The maximum Gasteiger partial charge on any atom is 0.224 e. The van der Waals surface area contributed by atoms with Crippen LogP contribution in [0, 0.1) is 0 Å². The molecule has 3 aromatic rings. The summed E-state index contributed by atoms with van der Waals surface area (Å²) in [4.78, 5) is 30.0. The summed E-state index contributed by atoms with van der Waals surface area (Å²) in [5, 5.41) is 4.21. The summed E-state index contributed by atoms with van der Waals surface area (Å²) in [5.41, 5.74) is 3.46. The first-order valence-corrected chi connectivity index (χ1v) is 11.2. The van der Waals surface area contributed by atoms with Crippen molar-refractivity contribution in [1.82, 2.24) is 15.2 Å². The molecule has 1 saturated heterocycles. The van der Waals surface area contributed by atoms with Gasteiger partial charge in [-0.2, -0.15) is 0 Å². The highest BCUT2D eigenvalue weighted by atomic mass is 79.9. The fourth-order valence-electron chi connectivity index (χ4n) is 4.37. The number of H-pyrrole nitrogens is 1. The van der Waals surface area contributed by atoms with Gasteiger partial charge in [0, 0.05) is 41.6 Å². The molecule has 2 amide bonds. The van der Waals surface area contributed by atoms with Crippen LogP contribution >= 0.6 is 15.9 Å². The van der Waals surface area contributed by atoms with E-state index in [1.165, 1.54) is 23.4 Å². The highest BCUT2D eigenvalue weighted by Gasteiger charge is 2.27. The SMILES string of the molecule is CC(=O)NC(CC(=O)N1CCC(c2c[nH]c3ccccc23)CC1)c1ccc(Br)cc1. The number of nitrogens with one attached hydrogen (secondary N) is 2. The van der Waals surface area contributed by atoms with Crippen LogP contribution in [0.25, 0.3) is 10.9 Å². The van der Waals surface area contributed by atoms with E-state index < -0.39 is 0 Å². The Labute approximate surface area is 185 Å². The molecule has 2 heterocycles. The second-order valence-electron chi connectivity index (χ2n) is 7.95. The molecule has 0 bridgehead atoms. The monoisotopic (exact) mass is 467 g/mol. The van der Waals surface area contributed by atoms with Crippen molar-refractivity contribution in [2.75, 3.05) is 13.1 Å². The fourth-order valence-corrected chi connectivity index (χ4v) is 4.63. The number of aromatic amines is 1. The van der Waals surface area contributed by atoms with Gasteiger partial charge in [0.05, 0.1) is 12.5 Å². The van der Waals surface area contributed by atoms with E-state index >= 15 is 0 Å². The van der Waals surface area contributed by atoms with E-state index in [2.05, 4.69) is 50.6 Å². The Morgan fingerprint density at radius 3 is 2.53 bits per heavy atom. The van der Waals surface area contributed by atoms with Gasteiger partial charge in [-0.25, -0.2) is 0 Å². The van der Waals surface area contributed by atoms with E-state index in [4.69, 9.17) is 0 Å². The zero-order valence-corrected chi connectivity index (χ0v) is 18.6. The zero-order chi connectivity index (χ0) is 21.1. The van der Waals surface area contributed by atoms with E-state index in [1.54, 1.807) is 0 Å². The standard InChI is InChI=1S/C24H26BrN3O2/c1-16(29)27-23(18-6-8-19(25)9-7-18)14-24(30)28-12-10-17(11-13-28)21-15-26-22-5-3-2-4-20(21)22/h2-9,15,17,23,26H,10-14H2,1H3,(H,27,29). The van der Waals surface area contributed by atoms with Crippen molar-refractivity contribution in [2.24, 2.45) is 0 Å². The van der Waals surface area contributed by atoms with Gasteiger partial charge in [0.1, 0.15) is 0 Å². The summed E-state index contributed by atoms with van der Waals surface area (Å²) in [6, 6.07) is 15.8. The zero-order valence-electron chi connectivity index (χ0n) is 17.0. The van der Waals surface area contributed by atoms with Crippen LogP contribution in [-0.2, 0) is 9.59 Å². The lowest BCUT2D eigenvalue weighted by Crippen LogP contribution is -2.40. The Morgan fingerprint density at radius 1 is 1.13 bits per heavy atom. The molecule has 1 fully saturated rings. The maximum absolute atomic E-state index is 13.0. The van der Waals surface area contributed by atoms with E-state index in [9.17, 15) is 9.59 Å². The third-order valence-electron chi connectivity index (χ3n) is 5.94. The third-order valence-corrected chi connectivity index (χ3v) is 6.47. The Kier molecular flexibility index (Phi) is 6.23. The summed E-state index contributed by atoms with van der Waals surface area (Å²) >= 11 is 3.43. The number of rotatable bonds is 5. The van der Waals surface area contributed by atoms with Gasteiger partial charge in [0.25, 0.3) is 0 Å². The molecule has 0 spiro atoms. The van der Waals surface area contributed by atoms with Crippen LogP contribution in [-0.4, -0.2) is 34.8 Å². The Balaban J connectivity index is 1.40. The number of amides is 2. The number of halogens is 1. The van der Waals surface area contributed by atoms with Crippen LogP contribution in [0.5, 0.6) is 0 Å². The fraction of sp³-hybridized carbons (Fsp3) is 0.333. The third kappa shape index (κ3) is 4.59. The average Bonchev–Trinajstić information content (AvgIpc) is 3.18. The number of aromatic nitrogens is 1. The first-order valence-electron chi connectivity index (χ1n) is 10.4. The molecule has 1 aromatic heterocycles. The van der Waals surface area contributed by atoms with Crippen molar-refractivity contribution in [3.05, 3.63) is 70.3 Å². The average molecular weight is 468 g/mol. The number of benzene rings is 2. The highest BCUT2D eigenvalue weighted by Crippen LogP contribution is 2.33. The molecule has 4 rings (SSSR count). The number of piperidine rings is 1. The number of para-hydroxylation sites is 1. The number of fused-ring (bicyclic) bond motifs is 1. The quantitative estimate of drug-likeness (QED) is 0.559. The predicted molar refractivity (Wildman–Crippen MR) is 122 cm³/mol. The summed E-state index contributed by atoms with van der Waals surface area (Å²) in [6.45, 7) is 2.98. The largest absolute Gasteiger partial charge is 0.361 e. The number of nitrogens with zero attached hydrogens (tertiary/aromatic N) is 1. The van der Waals surface area contributed by atoms with Crippen molar-refractivity contribution in [3.63, 3.8) is 0 Å². The van der Waals surface area contributed by atoms with Gasteiger partial charge in [0.15, 0.2) is 0 Å². The van der Waals surface area contributed by atoms with Crippen LogP contribution < -0.4 is 5.32 Å². The van der Waals surface area contributed by atoms with Gasteiger partial charge >= 0.3 is 0 Å². The number of likely N-dealkylation sites (tertiary alicyclic amines) is 1. The Hall–Kier alpha value is -2.60. The molecule has 5 nitrogen and oxygen atoms in total. The van der Waals surface area contributed by atoms with Crippen LogP contribution in [0.15, 0.2) is 59.2 Å². The van der Waals surface area contributed by atoms with Crippen molar-refractivity contribution in [1.29, 1.82) is 0 Å². The molecule has 0 saturated carbocycles. The molecule has 0 aliphatic carbocycles. The van der Waals surface area contributed by atoms with Crippen LogP contribution in [0.2, 0.25) is 0 Å². The van der Waals surface area contributed by atoms with Gasteiger partial charge in [-0.3, -0.25) is 9.59 Å². The van der Waals surface area contributed by atoms with E-state index in [1.807, 2.05) is 35.2 Å². The van der Waals surface area contributed by atoms with Gasteiger partial charge in [0.2, 0.25) is 11.8 Å². The van der Waals surface area contributed by atoms with Gasteiger partial charge < -0.3 is 15.2 Å². The number of hydrogen-bond donors (Lipinski definition) is 2. The lowest BCUT2D eigenvalue weighted by atomic mass is 9.89. The molecule has 1 unspecified atom stereocenters. The molecule has 1 atom stereocenters. The highest BCUT2D eigenvalue weighted by molar-refractivity contribution is 9.10. The van der Waals surface area contributed by atoms with Gasteiger partial charge in [-0.05, 0) is 48.1 Å². The molecule has 0 radical (unpaired) electrons. The minimum Gasteiger partial charge on any atom is -0.361 e. The molecule has 2 N–H and O–H groups in total. The summed E-state index contributed by atoms with van der Waals surface area (Å²) < 4.78 is 0.971. The predicted octanol–water partition coefficient (Wildman–Crippen LogP) is 4.90.